The smallest absolute Gasteiger partial charge is 0.219 e. The molecule has 0 atom stereocenters. The highest BCUT2D eigenvalue weighted by Gasteiger charge is 2.34. The van der Waals surface area contributed by atoms with Crippen LogP contribution in [0.1, 0.15) is 59.8 Å². The Morgan fingerprint density at radius 2 is 1.78 bits per heavy atom. The lowest BCUT2D eigenvalue weighted by Crippen LogP contribution is -2.50. The lowest BCUT2D eigenvalue weighted by atomic mass is 9.78. The highest BCUT2D eigenvalue weighted by molar-refractivity contribution is 5.79. The van der Waals surface area contributed by atoms with Crippen molar-refractivity contribution in [2.45, 2.75) is 59.8 Å². The minimum absolute atomic E-state index is 0.191. The molecule has 27 heavy (non-hydrogen) atoms. The first-order valence-electron chi connectivity index (χ1n) is 10.9. The number of hydrogen-bond donors (Lipinski definition) is 2. The topological polar surface area (TPSA) is 60.0 Å². The van der Waals surface area contributed by atoms with Crippen LogP contribution in [0, 0.1) is 11.3 Å². The van der Waals surface area contributed by atoms with Crippen molar-refractivity contribution in [3.8, 4) is 0 Å². The first-order valence-corrected chi connectivity index (χ1v) is 10.9. The molecule has 2 aliphatic rings. The Kier molecular flexibility index (Phi) is 8.87. The van der Waals surface area contributed by atoms with Crippen molar-refractivity contribution in [3.05, 3.63) is 0 Å². The van der Waals surface area contributed by atoms with Crippen LogP contribution in [-0.2, 0) is 4.79 Å². The van der Waals surface area contributed by atoms with Gasteiger partial charge in [-0.3, -0.25) is 14.7 Å². The molecule has 0 aromatic rings. The molecule has 6 heteroatoms. The third kappa shape index (κ3) is 7.32. The van der Waals surface area contributed by atoms with E-state index in [4.69, 9.17) is 4.99 Å². The molecule has 1 saturated heterocycles. The van der Waals surface area contributed by atoms with Crippen LogP contribution in [0.5, 0.6) is 0 Å². The molecule has 0 radical (unpaired) electrons. The van der Waals surface area contributed by atoms with Gasteiger partial charge >= 0.3 is 0 Å². The second-order valence-electron chi connectivity index (χ2n) is 8.77. The highest BCUT2D eigenvalue weighted by Crippen LogP contribution is 2.43. The average Bonchev–Trinajstić information content (AvgIpc) is 3.08. The molecule has 0 spiro atoms. The van der Waals surface area contributed by atoms with Crippen LogP contribution in [0.2, 0.25) is 0 Å². The Balaban J connectivity index is 1.79. The molecular weight excluding hydrogens is 338 g/mol. The van der Waals surface area contributed by atoms with E-state index in [2.05, 4.69) is 36.3 Å². The molecular formula is C21H41N5O. The third-order valence-electron chi connectivity index (χ3n) is 5.96. The predicted molar refractivity (Wildman–Crippen MR) is 113 cm³/mol. The van der Waals surface area contributed by atoms with Gasteiger partial charge in [-0.1, -0.05) is 26.7 Å². The normalized spacial score (nSPS) is 20.9. The minimum Gasteiger partial charge on any atom is -0.357 e. The Morgan fingerprint density at radius 1 is 1.11 bits per heavy atom. The maximum atomic E-state index is 11.4. The summed E-state index contributed by atoms with van der Waals surface area (Å²) in [4.78, 5) is 20.7. The molecule has 2 N–H and O–H groups in total. The van der Waals surface area contributed by atoms with Crippen molar-refractivity contribution < 1.29 is 4.79 Å². The summed E-state index contributed by atoms with van der Waals surface area (Å²) in [5.41, 5.74) is 0.416. The average molecular weight is 380 g/mol. The molecule has 156 valence electrons. The van der Waals surface area contributed by atoms with Gasteiger partial charge in [0, 0.05) is 59.3 Å². The molecule has 6 nitrogen and oxygen atoms in total. The number of hydrogen-bond acceptors (Lipinski definition) is 3. The molecule has 0 aromatic carbocycles. The van der Waals surface area contributed by atoms with E-state index >= 15 is 0 Å². The van der Waals surface area contributed by atoms with Crippen LogP contribution in [0.15, 0.2) is 4.99 Å². The molecule has 0 aromatic heterocycles. The fourth-order valence-electron chi connectivity index (χ4n) is 4.63. The van der Waals surface area contributed by atoms with Gasteiger partial charge < -0.3 is 15.5 Å². The van der Waals surface area contributed by atoms with E-state index in [-0.39, 0.29) is 5.91 Å². The maximum absolute atomic E-state index is 11.4. The van der Waals surface area contributed by atoms with Gasteiger partial charge in [0.05, 0.1) is 0 Å². The summed E-state index contributed by atoms with van der Waals surface area (Å²) in [5, 5.41) is 6.92. The number of amides is 1. The molecule has 0 bridgehead atoms. The van der Waals surface area contributed by atoms with E-state index in [9.17, 15) is 4.79 Å². The van der Waals surface area contributed by atoms with Gasteiger partial charge in [-0.05, 0) is 37.5 Å². The molecule has 2 rings (SSSR count). The minimum atomic E-state index is 0.191. The predicted octanol–water partition coefficient (Wildman–Crippen LogP) is 2.31. The Labute approximate surface area is 166 Å². The van der Waals surface area contributed by atoms with E-state index in [1.54, 1.807) is 6.92 Å². The largest absolute Gasteiger partial charge is 0.357 e. The molecule has 1 aliphatic heterocycles. The number of carbonyl (C=O) groups excluding carboxylic acids is 1. The number of guanidine groups is 1. The van der Waals surface area contributed by atoms with Crippen LogP contribution < -0.4 is 10.6 Å². The van der Waals surface area contributed by atoms with Gasteiger partial charge in [0.15, 0.2) is 5.96 Å². The van der Waals surface area contributed by atoms with Crippen molar-refractivity contribution >= 4 is 11.9 Å². The lowest BCUT2D eigenvalue weighted by molar-refractivity contribution is -0.130. The molecule has 1 heterocycles. The molecule has 1 saturated carbocycles. The van der Waals surface area contributed by atoms with E-state index in [1.165, 1.54) is 32.1 Å². The Bertz CT molecular complexity index is 477. The number of aliphatic imine (C=N–C) groups is 1. The van der Waals surface area contributed by atoms with Crippen molar-refractivity contribution in [1.82, 2.24) is 20.4 Å². The van der Waals surface area contributed by atoms with Crippen molar-refractivity contribution in [2.75, 3.05) is 52.4 Å². The first kappa shape index (κ1) is 22.0. The summed E-state index contributed by atoms with van der Waals surface area (Å²) in [6.07, 6.45) is 6.66. The molecule has 1 amide bonds. The SMILES string of the molecule is CCNC(=NCC1(CC(C)C)CCCC1)NCCN1CCN(C(C)=O)CC1. The summed E-state index contributed by atoms with van der Waals surface area (Å²) < 4.78 is 0. The third-order valence-corrected chi connectivity index (χ3v) is 5.96. The van der Waals surface area contributed by atoms with Gasteiger partial charge in [0.2, 0.25) is 5.91 Å². The molecule has 1 aliphatic carbocycles. The number of nitrogens with zero attached hydrogens (tertiary/aromatic N) is 3. The quantitative estimate of drug-likeness (QED) is 0.502. The molecule has 2 fully saturated rings. The van der Waals surface area contributed by atoms with Crippen LogP contribution in [0.25, 0.3) is 0 Å². The number of nitrogens with one attached hydrogen (secondary N) is 2. The Hall–Kier alpha value is -1.30. The standard InChI is InChI=1S/C21H41N5O/c1-5-22-20(24-17-21(16-18(2)3)8-6-7-9-21)23-10-11-25-12-14-26(15-13-25)19(4)27/h18H,5-17H2,1-4H3,(H2,22,23,24). The zero-order valence-electron chi connectivity index (χ0n) is 18.0. The highest BCUT2D eigenvalue weighted by atomic mass is 16.2. The van der Waals surface area contributed by atoms with E-state index < -0.39 is 0 Å². The summed E-state index contributed by atoms with van der Waals surface area (Å²) in [6.45, 7) is 15.8. The maximum Gasteiger partial charge on any atom is 0.219 e. The van der Waals surface area contributed by atoms with Gasteiger partial charge in [-0.25, -0.2) is 0 Å². The van der Waals surface area contributed by atoms with Crippen LogP contribution >= 0.6 is 0 Å². The zero-order valence-corrected chi connectivity index (χ0v) is 18.0. The van der Waals surface area contributed by atoms with E-state index in [0.717, 1.165) is 64.2 Å². The second kappa shape index (κ2) is 10.9. The fourth-order valence-corrected chi connectivity index (χ4v) is 4.63. The lowest BCUT2D eigenvalue weighted by Gasteiger charge is -2.34. The van der Waals surface area contributed by atoms with Crippen molar-refractivity contribution in [3.63, 3.8) is 0 Å². The van der Waals surface area contributed by atoms with Gasteiger partial charge in [0.1, 0.15) is 0 Å². The first-order chi connectivity index (χ1) is 12.9. The van der Waals surface area contributed by atoms with Crippen molar-refractivity contribution in [2.24, 2.45) is 16.3 Å². The van der Waals surface area contributed by atoms with Gasteiger partial charge in [-0.15, -0.1) is 0 Å². The Morgan fingerprint density at radius 3 is 2.33 bits per heavy atom. The van der Waals surface area contributed by atoms with E-state index in [1.807, 2.05) is 4.90 Å². The molecule has 0 unspecified atom stereocenters. The number of rotatable bonds is 8. The summed E-state index contributed by atoms with van der Waals surface area (Å²) in [5.74, 6) is 1.88. The van der Waals surface area contributed by atoms with Crippen LogP contribution in [-0.4, -0.2) is 74.0 Å². The number of piperazine rings is 1. The summed E-state index contributed by atoms with van der Waals surface area (Å²) in [7, 11) is 0. The number of carbonyl (C=O) groups is 1. The van der Waals surface area contributed by atoms with E-state index in [0.29, 0.717) is 5.41 Å². The second-order valence-corrected chi connectivity index (χ2v) is 8.77. The van der Waals surface area contributed by atoms with Gasteiger partial charge in [-0.2, -0.15) is 0 Å². The van der Waals surface area contributed by atoms with Crippen LogP contribution in [0.4, 0.5) is 0 Å². The van der Waals surface area contributed by atoms with Crippen molar-refractivity contribution in [1.29, 1.82) is 0 Å². The fraction of sp³-hybridized carbons (Fsp3) is 0.905. The summed E-state index contributed by atoms with van der Waals surface area (Å²) in [6, 6.07) is 0. The zero-order chi connectivity index (χ0) is 19.7. The van der Waals surface area contributed by atoms with Gasteiger partial charge in [0.25, 0.3) is 0 Å². The van der Waals surface area contributed by atoms with Crippen LogP contribution in [0.3, 0.4) is 0 Å². The summed E-state index contributed by atoms with van der Waals surface area (Å²) >= 11 is 0. The monoisotopic (exact) mass is 379 g/mol.